The smallest absolute Gasteiger partial charge is 0.180 e. The van der Waals surface area contributed by atoms with Crippen molar-refractivity contribution in [2.24, 2.45) is 0 Å². The number of hydrogen-bond acceptors (Lipinski definition) is 3. The lowest BCUT2D eigenvalue weighted by molar-refractivity contribution is 0.587. The molecule has 3 nitrogen and oxygen atoms in total. The van der Waals surface area contributed by atoms with Crippen LogP contribution in [0.25, 0.3) is 0 Å². The van der Waals surface area contributed by atoms with Gasteiger partial charge in [0.1, 0.15) is 0 Å². The van der Waals surface area contributed by atoms with Gasteiger partial charge < -0.3 is 5.32 Å². The second-order valence-electron chi connectivity index (χ2n) is 5.22. The molecular weight excluding hydrogens is 246 g/mol. The van der Waals surface area contributed by atoms with Crippen molar-refractivity contribution in [3.05, 3.63) is 29.8 Å². The molecule has 0 aliphatic heterocycles. The first kappa shape index (κ1) is 13.6. The third-order valence-electron chi connectivity index (χ3n) is 3.30. The Labute approximate surface area is 110 Å². The molecule has 100 valence electrons. The van der Waals surface area contributed by atoms with Gasteiger partial charge >= 0.3 is 0 Å². The normalized spacial score (nSPS) is 16.2. The monoisotopic (exact) mass is 267 g/mol. The lowest BCUT2D eigenvalue weighted by atomic mass is 10.1. The van der Waals surface area contributed by atoms with Crippen molar-refractivity contribution >= 4 is 9.84 Å². The van der Waals surface area contributed by atoms with Gasteiger partial charge in [-0.2, -0.15) is 0 Å². The van der Waals surface area contributed by atoms with Gasteiger partial charge in [0.2, 0.25) is 0 Å². The zero-order valence-corrected chi connectivity index (χ0v) is 11.8. The summed E-state index contributed by atoms with van der Waals surface area (Å²) in [5.74, 6) is 0. The Hall–Kier alpha value is -0.870. The number of sulfone groups is 1. The van der Waals surface area contributed by atoms with Crippen molar-refractivity contribution < 1.29 is 8.42 Å². The highest BCUT2D eigenvalue weighted by molar-refractivity contribution is 7.92. The summed E-state index contributed by atoms with van der Waals surface area (Å²) in [4.78, 5) is 0.427. The lowest BCUT2D eigenvalue weighted by Crippen LogP contribution is -2.19. The maximum atomic E-state index is 11.9. The van der Waals surface area contributed by atoms with Crippen LogP contribution < -0.4 is 5.32 Å². The van der Waals surface area contributed by atoms with E-state index in [-0.39, 0.29) is 5.25 Å². The summed E-state index contributed by atoms with van der Waals surface area (Å²) in [6, 6.07) is 8.02. The largest absolute Gasteiger partial charge is 0.314 e. The fourth-order valence-electron chi connectivity index (χ4n) is 1.83. The van der Waals surface area contributed by atoms with Crippen LogP contribution in [0, 0.1) is 0 Å². The molecule has 2 rings (SSSR count). The second kappa shape index (κ2) is 5.41. The number of rotatable bonds is 6. The minimum Gasteiger partial charge on any atom is -0.314 e. The van der Waals surface area contributed by atoms with E-state index in [0.29, 0.717) is 4.90 Å². The van der Waals surface area contributed by atoms with Crippen molar-refractivity contribution in [2.75, 3.05) is 6.54 Å². The lowest BCUT2D eigenvalue weighted by Gasteiger charge is -2.09. The first-order valence-electron chi connectivity index (χ1n) is 6.56. The van der Waals surface area contributed by atoms with Crippen molar-refractivity contribution in [3.63, 3.8) is 0 Å². The molecule has 1 aliphatic carbocycles. The molecule has 0 saturated heterocycles. The second-order valence-corrected chi connectivity index (χ2v) is 7.72. The Morgan fingerprint density at radius 2 is 1.83 bits per heavy atom. The van der Waals surface area contributed by atoms with E-state index in [0.717, 1.165) is 19.0 Å². The number of benzene rings is 1. The van der Waals surface area contributed by atoms with E-state index >= 15 is 0 Å². The van der Waals surface area contributed by atoms with Crippen molar-refractivity contribution in [1.29, 1.82) is 0 Å². The molecule has 1 saturated carbocycles. The molecule has 0 spiro atoms. The number of nitrogens with one attached hydrogen (secondary N) is 1. The molecule has 0 bridgehead atoms. The van der Waals surface area contributed by atoms with E-state index in [1.807, 2.05) is 12.1 Å². The van der Waals surface area contributed by atoms with Crippen LogP contribution in [-0.4, -0.2) is 26.3 Å². The molecule has 0 amide bonds. The third kappa shape index (κ3) is 3.33. The van der Waals surface area contributed by atoms with Crippen LogP contribution in [0.5, 0.6) is 0 Å². The predicted octanol–water partition coefficient (Wildman–Crippen LogP) is 2.16. The van der Waals surface area contributed by atoms with Crippen LogP contribution in [0.2, 0.25) is 0 Å². The molecule has 1 N–H and O–H groups in total. The van der Waals surface area contributed by atoms with Gasteiger partial charge in [-0.3, -0.25) is 0 Å². The molecule has 0 aromatic heterocycles. The molecule has 1 aliphatic rings. The first-order chi connectivity index (χ1) is 8.50. The van der Waals surface area contributed by atoms with Gasteiger partial charge in [-0.15, -0.1) is 0 Å². The van der Waals surface area contributed by atoms with Crippen LogP contribution in [0.15, 0.2) is 29.2 Å². The molecule has 1 aromatic rings. The first-order valence-corrected chi connectivity index (χ1v) is 8.11. The Balaban J connectivity index is 1.96. The van der Waals surface area contributed by atoms with Crippen molar-refractivity contribution in [2.45, 2.75) is 49.3 Å². The Kier molecular flexibility index (Phi) is 4.07. The van der Waals surface area contributed by atoms with E-state index in [9.17, 15) is 8.42 Å². The summed E-state index contributed by atoms with van der Waals surface area (Å²) < 4.78 is 23.9. The molecule has 0 heterocycles. The summed E-state index contributed by atoms with van der Waals surface area (Å²) >= 11 is 0. The van der Waals surface area contributed by atoms with Gasteiger partial charge in [-0.05, 0) is 57.4 Å². The van der Waals surface area contributed by atoms with Gasteiger partial charge in [0.25, 0.3) is 0 Å². The summed E-state index contributed by atoms with van der Waals surface area (Å²) in [7, 11) is -3.13. The van der Waals surface area contributed by atoms with Gasteiger partial charge in [0.15, 0.2) is 9.84 Å². The summed E-state index contributed by atoms with van der Waals surface area (Å²) in [5, 5.41) is 3.09. The minimum atomic E-state index is -3.13. The van der Waals surface area contributed by atoms with E-state index in [2.05, 4.69) is 5.32 Å². The molecule has 4 heteroatoms. The molecule has 1 aromatic carbocycles. The quantitative estimate of drug-likeness (QED) is 0.859. The maximum Gasteiger partial charge on any atom is 0.180 e. The summed E-state index contributed by atoms with van der Waals surface area (Å²) in [6.45, 7) is 4.40. The van der Waals surface area contributed by atoms with Crippen LogP contribution in [-0.2, 0) is 16.3 Å². The van der Waals surface area contributed by atoms with Gasteiger partial charge in [-0.1, -0.05) is 12.1 Å². The van der Waals surface area contributed by atoms with E-state index < -0.39 is 9.84 Å². The molecule has 0 radical (unpaired) electrons. The van der Waals surface area contributed by atoms with Gasteiger partial charge in [-0.25, -0.2) is 8.42 Å². The Bertz CT molecular complexity index is 487. The zero-order valence-electron chi connectivity index (χ0n) is 11.0. The summed E-state index contributed by atoms with van der Waals surface area (Å²) in [6.07, 6.45) is 3.55. The van der Waals surface area contributed by atoms with E-state index in [1.54, 1.807) is 26.0 Å². The van der Waals surface area contributed by atoms with E-state index in [1.165, 1.54) is 18.4 Å². The maximum absolute atomic E-state index is 11.9. The van der Waals surface area contributed by atoms with Crippen molar-refractivity contribution in [1.82, 2.24) is 5.32 Å². The molecule has 0 atom stereocenters. The van der Waals surface area contributed by atoms with Crippen LogP contribution in [0.3, 0.4) is 0 Å². The average Bonchev–Trinajstić information content (AvgIpc) is 3.13. The molecule has 18 heavy (non-hydrogen) atoms. The van der Waals surface area contributed by atoms with E-state index in [4.69, 9.17) is 0 Å². The van der Waals surface area contributed by atoms with Crippen molar-refractivity contribution in [3.8, 4) is 0 Å². The number of hydrogen-bond donors (Lipinski definition) is 1. The topological polar surface area (TPSA) is 46.2 Å². The highest BCUT2D eigenvalue weighted by Gasteiger charge is 2.20. The van der Waals surface area contributed by atoms with Crippen LogP contribution >= 0.6 is 0 Å². The molecule has 1 fully saturated rings. The zero-order chi connectivity index (χ0) is 13.2. The average molecular weight is 267 g/mol. The SMILES string of the molecule is CC(C)S(=O)(=O)c1ccc(CCNC2CC2)cc1. The van der Waals surface area contributed by atoms with Crippen LogP contribution in [0.4, 0.5) is 0 Å². The van der Waals surface area contributed by atoms with Crippen LogP contribution in [0.1, 0.15) is 32.3 Å². The summed E-state index contributed by atoms with van der Waals surface area (Å²) in [5.41, 5.74) is 1.19. The third-order valence-corrected chi connectivity index (χ3v) is 5.47. The standard InChI is InChI=1S/C14H21NO2S/c1-11(2)18(16,17)14-7-3-12(4-8-14)9-10-15-13-5-6-13/h3-4,7-8,11,13,15H,5-6,9-10H2,1-2H3. The Morgan fingerprint density at radius 1 is 1.22 bits per heavy atom. The minimum absolute atomic E-state index is 0.361. The highest BCUT2D eigenvalue weighted by Crippen LogP contribution is 2.19. The molecule has 0 unspecified atom stereocenters. The molecular formula is C14H21NO2S. The highest BCUT2D eigenvalue weighted by atomic mass is 32.2. The van der Waals surface area contributed by atoms with Gasteiger partial charge in [0.05, 0.1) is 10.1 Å². The Morgan fingerprint density at radius 3 is 2.33 bits per heavy atom. The fraction of sp³-hybridized carbons (Fsp3) is 0.571. The fourth-order valence-corrected chi connectivity index (χ4v) is 2.89. The van der Waals surface area contributed by atoms with Gasteiger partial charge in [0, 0.05) is 6.04 Å². The predicted molar refractivity (Wildman–Crippen MR) is 73.5 cm³/mol.